The van der Waals surface area contributed by atoms with Crippen molar-refractivity contribution in [1.82, 2.24) is 19.5 Å². The zero-order valence-corrected chi connectivity index (χ0v) is 27.8. The number of carbonyl (C=O) groups is 1. The van der Waals surface area contributed by atoms with Crippen LogP contribution in [0.1, 0.15) is 36.8 Å². The first-order valence-corrected chi connectivity index (χ1v) is 15.8. The number of nitrogens with one attached hydrogen (secondary N) is 1. The number of H-pyrrole nitrogens is 1. The number of fused-ring (bicyclic) bond motifs is 1. The zero-order valence-electron chi connectivity index (χ0n) is 27.8. The molecule has 3 heterocycles. The Labute approximate surface area is 282 Å². The first kappa shape index (κ1) is 33.7. The highest BCUT2D eigenvalue weighted by Crippen LogP contribution is 2.49. The average Bonchev–Trinajstić information content (AvgIpc) is 3.68. The smallest absolute Gasteiger partial charge is 0.308 e. The molecule has 0 saturated carbocycles. The largest absolute Gasteiger partial charge is 0.497 e. The standard InChI is InChI=1S/C36H39N5O8/c1-20(2)34(44)49-30(29-28(47-5)27(42)33(48-29)41-19-38-26-31(41)39-35(37)40-32(26)43)36(21-9-7-6-8-10-21,22-11-15-24(45-3)16-12-22)23-13-17-25(46-4)18-14-23/h6-20,27-30,33,42H,1-5H3,(H3,37,39,40,43)/t27-,28+,29+,30?,33-/m1/s1. The van der Waals surface area contributed by atoms with Gasteiger partial charge in [0.1, 0.15) is 35.9 Å². The van der Waals surface area contributed by atoms with Gasteiger partial charge in [0, 0.05) is 7.11 Å². The second kappa shape index (κ2) is 13.7. The van der Waals surface area contributed by atoms with E-state index in [1.807, 2.05) is 78.9 Å². The van der Waals surface area contributed by atoms with Crippen molar-refractivity contribution in [3.8, 4) is 11.5 Å². The lowest BCUT2D eigenvalue weighted by Gasteiger charge is -2.45. The Hall–Kier alpha value is -5.24. The van der Waals surface area contributed by atoms with Crippen LogP contribution in [0, 0.1) is 5.92 Å². The number of aliphatic hydroxyl groups is 1. The van der Waals surface area contributed by atoms with Crippen molar-refractivity contribution in [3.05, 3.63) is 112 Å². The number of anilines is 1. The molecule has 1 aliphatic rings. The number of nitrogens with zero attached hydrogens (tertiary/aromatic N) is 3. The van der Waals surface area contributed by atoms with Crippen LogP contribution in [0.4, 0.5) is 5.95 Å². The third kappa shape index (κ3) is 5.90. The molecule has 1 aliphatic heterocycles. The lowest BCUT2D eigenvalue weighted by molar-refractivity contribution is -0.172. The summed E-state index contributed by atoms with van der Waals surface area (Å²) in [5.41, 5.74) is 6.47. The Morgan fingerprint density at radius 1 is 0.939 bits per heavy atom. The van der Waals surface area contributed by atoms with Crippen LogP contribution in [-0.4, -0.2) is 76.3 Å². The van der Waals surface area contributed by atoms with Crippen LogP contribution in [0.25, 0.3) is 11.2 Å². The van der Waals surface area contributed by atoms with E-state index >= 15 is 0 Å². The van der Waals surface area contributed by atoms with Crippen LogP contribution >= 0.6 is 0 Å². The van der Waals surface area contributed by atoms with Gasteiger partial charge in [-0.2, -0.15) is 4.98 Å². The topological polar surface area (TPSA) is 173 Å². The maximum atomic E-state index is 13.8. The van der Waals surface area contributed by atoms with Crippen LogP contribution < -0.4 is 20.8 Å². The zero-order chi connectivity index (χ0) is 34.9. The Morgan fingerprint density at radius 2 is 1.51 bits per heavy atom. The minimum atomic E-state index is -1.32. The molecule has 0 spiro atoms. The fraction of sp³-hybridized carbons (Fsp3) is 0.333. The van der Waals surface area contributed by atoms with Gasteiger partial charge in [0.15, 0.2) is 17.4 Å². The molecule has 0 bridgehead atoms. The number of imidazole rings is 1. The summed E-state index contributed by atoms with van der Waals surface area (Å²) < 4.78 is 31.7. The molecule has 49 heavy (non-hydrogen) atoms. The summed E-state index contributed by atoms with van der Waals surface area (Å²) in [6.07, 6.45) is -4.40. The molecule has 1 fully saturated rings. The third-order valence-corrected chi connectivity index (χ3v) is 9.01. The Kier molecular flexibility index (Phi) is 9.41. The molecular weight excluding hydrogens is 630 g/mol. The van der Waals surface area contributed by atoms with E-state index in [0.29, 0.717) is 11.5 Å². The lowest BCUT2D eigenvalue weighted by atomic mass is 9.63. The van der Waals surface area contributed by atoms with Crippen molar-refractivity contribution in [2.75, 3.05) is 27.1 Å². The summed E-state index contributed by atoms with van der Waals surface area (Å²) in [5.74, 6) is 0.136. The molecule has 13 heteroatoms. The number of aromatic amines is 1. The third-order valence-electron chi connectivity index (χ3n) is 9.01. The van der Waals surface area contributed by atoms with E-state index in [1.165, 1.54) is 18.0 Å². The quantitative estimate of drug-likeness (QED) is 0.139. The normalized spacial score (nSPS) is 20.0. The van der Waals surface area contributed by atoms with Gasteiger partial charge in [-0.25, -0.2) is 4.98 Å². The van der Waals surface area contributed by atoms with Gasteiger partial charge in [-0.1, -0.05) is 68.4 Å². The summed E-state index contributed by atoms with van der Waals surface area (Å²) in [5, 5.41) is 11.9. The van der Waals surface area contributed by atoms with Crippen LogP contribution in [0.3, 0.4) is 0 Å². The summed E-state index contributed by atoms with van der Waals surface area (Å²) in [4.78, 5) is 37.3. The number of hydrogen-bond acceptors (Lipinski definition) is 11. The van der Waals surface area contributed by atoms with Gasteiger partial charge in [-0.05, 0) is 41.0 Å². The second-order valence-electron chi connectivity index (χ2n) is 12.1. The number of methoxy groups -OCH3 is 3. The van der Waals surface area contributed by atoms with E-state index in [9.17, 15) is 14.7 Å². The fourth-order valence-corrected chi connectivity index (χ4v) is 6.62. The maximum Gasteiger partial charge on any atom is 0.308 e. The maximum absolute atomic E-state index is 13.8. The highest BCUT2D eigenvalue weighted by Gasteiger charge is 2.58. The molecule has 5 aromatic rings. The van der Waals surface area contributed by atoms with Crippen LogP contribution in [0.2, 0.25) is 0 Å². The van der Waals surface area contributed by atoms with Crippen LogP contribution in [-0.2, 0) is 24.4 Å². The summed E-state index contributed by atoms with van der Waals surface area (Å²) in [6, 6.07) is 24.6. The Balaban J connectivity index is 1.63. The summed E-state index contributed by atoms with van der Waals surface area (Å²) >= 11 is 0. The van der Waals surface area contributed by atoms with E-state index in [4.69, 9.17) is 29.4 Å². The van der Waals surface area contributed by atoms with Gasteiger partial charge < -0.3 is 34.5 Å². The first-order chi connectivity index (χ1) is 23.6. The van der Waals surface area contributed by atoms with Gasteiger partial charge in [-0.3, -0.25) is 19.1 Å². The number of nitrogen functional groups attached to an aromatic ring is 1. The van der Waals surface area contributed by atoms with Crippen molar-refractivity contribution in [3.63, 3.8) is 0 Å². The van der Waals surface area contributed by atoms with Gasteiger partial charge in [0.05, 0.1) is 31.9 Å². The number of ether oxygens (including phenoxy) is 5. The molecule has 13 nitrogen and oxygen atoms in total. The molecule has 5 atom stereocenters. The van der Waals surface area contributed by atoms with Crippen molar-refractivity contribution >= 4 is 23.1 Å². The van der Waals surface area contributed by atoms with Gasteiger partial charge in [0.2, 0.25) is 5.95 Å². The first-order valence-electron chi connectivity index (χ1n) is 15.8. The number of aromatic nitrogens is 4. The van der Waals surface area contributed by atoms with Gasteiger partial charge >= 0.3 is 5.97 Å². The highest BCUT2D eigenvalue weighted by molar-refractivity contribution is 5.73. The number of hydrogen-bond donors (Lipinski definition) is 3. The molecule has 0 aliphatic carbocycles. The SMILES string of the molecule is COc1ccc(C(c2ccccc2)(c2ccc(OC)cc2)C(OC(=O)C(C)C)[C@H]2O[C@@H](n3cnc4c(=O)[nH]c(N)nc43)[C@H](O)[C@@H]2OC)cc1. The van der Waals surface area contributed by atoms with E-state index < -0.39 is 53.5 Å². The van der Waals surface area contributed by atoms with Crippen molar-refractivity contribution in [1.29, 1.82) is 0 Å². The van der Waals surface area contributed by atoms with E-state index in [-0.39, 0.29) is 17.1 Å². The molecule has 6 rings (SSSR count). The van der Waals surface area contributed by atoms with Crippen LogP contribution in [0.5, 0.6) is 11.5 Å². The minimum absolute atomic E-state index is 0.0142. The Morgan fingerprint density at radius 3 is 2.04 bits per heavy atom. The average molecular weight is 670 g/mol. The number of benzene rings is 3. The van der Waals surface area contributed by atoms with Gasteiger partial charge in [-0.15, -0.1) is 0 Å². The predicted octanol–water partition coefficient (Wildman–Crippen LogP) is 3.59. The van der Waals surface area contributed by atoms with E-state index in [2.05, 4.69) is 15.0 Å². The van der Waals surface area contributed by atoms with Crippen molar-refractivity contribution < 1.29 is 33.6 Å². The van der Waals surface area contributed by atoms with Crippen LogP contribution in [0.15, 0.2) is 90.0 Å². The summed E-state index contributed by atoms with van der Waals surface area (Å²) in [7, 11) is 4.62. The molecule has 1 unspecified atom stereocenters. The Bertz CT molecular complexity index is 1910. The molecule has 2 aromatic heterocycles. The highest BCUT2D eigenvalue weighted by atomic mass is 16.6. The predicted molar refractivity (Wildman–Crippen MR) is 180 cm³/mol. The molecule has 0 radical (unpaired) electrons. The van der Waals surface area contributed by atoms with E-state index in [0.717, 1.165) is 16.7 Å². The van der Waals surface area contributed by atoms with Gasteiger partial charge in [0.25, 0.3) is 5.56 Å². The summed E-state index contributed by atoms with van der Waals surface area (Å²) in [6.45, 7) is 3.49. The molecule has 4 N–H and O–H groups in total. The molecule has 256 valence electrons. The molecule has 3 aromatic carbocycles. The van der Waals surface area contributed by atoms with E-state index in [1.54, 1.807) is 28.1 Å². The van der Waals surface area contributed by atoms with Crippen molar-refractivity contribution in [2.24, 2.45) is 5.92 Å². The number of aliphatic hydroxyl groups excluding tert-OH is 1. The fourth-order valence-electron chi connectivity index (χ4n) is 6.62. The number of nitrogens with two attached hydrogens (primary N) is 1. The molecular formula is C36H39N5O8. The lowest BCUT2D eigenvalue weighted by Crippen LogP contribution is -2.55. The monoisotopic (exact) mass is 669 g/mol. The molecule has 1 saturated heterocycles. The number of rotatable bonds is 11. The number of esters is 1. The van der Waals surface area contributed by atoms with Crippen molar-refractivity contribution in [2.45, 2.75) is 49.9 Å². The number of carbonyl (C=O) groups excluding carboxylic acids is 1. The second-order valence-corrected chi connectivity index (χ2v) is 12.1. The minimum Gasteiger partial charge on any atom is -0.497 e. The molecule has 0 amide bonds.